The van der Waals surface area contributed by atoms with E-state index in [1.54, 1.807) is 0 Å². The summed E-state index contributed by atoms with van der Waals surface area (Å²) in [6.07, 6.45) is 1.01. The summed E-state index contributed by atoms with van der Waals surface area (Å²) in [4.78, 5) is 34.1. The van der Waals surface area contributed by atoms with Crippen LogP contribution in [0.4, 0.5) is 23.9 Å². The molecule has 10 nitrogen and oxygen atoms in total. The Bertz CT molecular complexity index is 1440. The third kappa shape index (κ3) is 7.82. The largest absolute Gasteiger partial charge is 0.478 e. The van der Waals surface area contributed by atoms with Crippen LogP contribution in [0.1, 0.15) is 68.8 Å². The maximum atomic E-state index is 13.9. The van der Waals surface area contributed by atoms with Gasteiger partial charge in [0.2, 0.25) is 5.95 Å². The number of carboxylic acids is 1. The second kappa shape index (κ2) is 12.7. The van der Waals surface area contributed by atoms with Crippen molar-refractivity contribution in [2.24, 2.45) is 0 Å². The molecule has 4 rings (SSSR count). The molecule has 0 bridgehead atoms. The average molecular weight is 611 g/mol. The molecule has 228 valence electrons. The van der Waals surface area contributed by atoms with Gasteiger partial charge in [-0.15, -0.1) is 0 Å². The van der Waals surface area contributed by atoms with Gasteiger partial charge in [0.1, 0.15) is 11.2 Å². The molecule has 2 atom stereocenters. The zero-order valence-electron chi connectivity index (χ0n) is 23.5. The van der Waals surface area contributed by atoms with E-state index >= 15 is 0 Å². The maximum Gasteiger partial charge on any atom is 0.419 e. The molecule has 2 heterocycles. The van der Waals surface area contributed by atoms with Gasteiger partial charge in [-0.25, -0.2) is 19.6 Å². The number of benzene rings is 1. The number of H-pyrrole nitrogens is 1. The Balaban J connectivity index is 1.37. The number of alkyl halides is 3. The number of fused-ring (bicyclic) bond motifs is 1. The van der Waals surface area contributed by atoms with E-state index in [-0.39, 0.29) is 45.4 Å². The Morgan fingerprint density at radius 3 is 2.55 bits per heavy atom. The second-order valence-electron chi connectivity index (χ2n) is 11.3. The summed E-state index contributed by atoms with van der Waals surface area (Å²) in [5.74, 6) is -1.18. The number of halogens is 4. The molecule has 1 saturated carbocycles. The number of aromatic carboxylic acids is 1. The lowest BCUT2D eigenvalue weighted by Gasteiger charge is -2.19. The lowest BCUT2D eigenvalue weighted by molar-refractivity contribution is -0.137. The van der Waals surface area contributed by atoms with Crippen molar-refractivity contribution in [1.82, 2.24) is 25.6 Å². The Hall–Kier alpha value is -3.58. The highest BCUT2D eigenvalue weighted by molar-refractivity contribution is 6.38. The van der Waals surface area contributed by atoms with Crippen LogP contribution in [0.15, 0.2) is 24.5 Å². The summed E-state index contributed by atoms with van der Waals surface area (Å²) < 4.78 is 47.0. The number of carbonyl (C=O) groups is 2. The molecular formula is C28H34ClF3N6O4. The first kappa shape index (κ1) is 31.4. The van der Waals surface area contributed by atoms with Crippen LogP contribution in [-0.4, -0.2) is 62.9 Å². The van der Waals surface area contributed by atoms with E-state index in [2.05, 4.69) is 30.9 Å². The van der Waals surface area contributed by atoms with E-state index in [1.807, 2.05) is 20.8 Å². The fraction of sp³-hybridized carbons (Fsp3) is 0.500. The number of ether oxygens (including phenoxy) is 1. The number of carbonyl (C=O) groups excluding carboxylic acids is 1. The van der Waals surface area contributed by atoms with Crippen LogP contribution >= 0.6 is 11.6 Å². The number of hydrogen-bond donors (Lipinski definition) is 5. The van der Waals surface area contributed by atoms with Crippen molar-refractivity contribution in [2.75, 3.05) is 18.4 Å². The van der Waals surface area contributed by atoms with Gasteiger partial charge in [-0.1, -0.05) is 17.7 Å². The summed E-state index contributed by atoms with van der Waals surface area (Å²) in [6.45, 7) is 6.71. The highest BCUT2D eigenvalue weighted by Crippen LogP contribution is 2.40. The van der Waals surface area contributed by atoms with Crippen molar-refractivity contribution in [1.29, 1.82) is 0 Å². The Morgan fingerprint density at radius 2 is 1.86 bits per heavy atom. The molecule has 42 heavy (non-hydrogen) atoms. The summed E-state index contributed by atoms with van der Waals surface area (Å²) in [6, 6.07) is 2.86. The van der Waals surface area contributed by atoms with Crippen molar-refractivity contribution >= 4 is 40.5 Å². The number of aromatic nitrogens is 3. The van der Waals surface area contributed by atoms with Crippen molar-refractivity contribution < 1.29 is 32.6 Å². The minimum atomic E-state index is -4.72. The van der Waals surface area contributed by atoms with Gasteiger partial charge < -0.3 is 30.8 Å². The SMILES string of the molecule is CC(C)(C)OC(=O)NCCCCN[C@H]1CC[C@H](Nc2ncc(C(F)(F)F)c(-c3c[nH]c4c(Cl)c(C(=O)O)ccc34)n2)C1. The van der Waals surface area contributed by atoms with Crippen LogP contribution in [0.3, 0.4) is 0 Å². The van der Waals surface area contributed by atoms with Crippen molar-refractivity contribution in [3.8, 4) is 11.3 Å². The molecule has 1 aliphatic rings. The van der Waals surface area contributed by atoms with E-state index in [4.69, 9.17) is 16.3 Å². The van der Waals surface area contributed by atoms with Gasteiger partial charge in [-0.2, -0.15) is 13.2 Å². The first-order chi connectivity index (χ1) is 19.7. The molecule has 3 aromatic rings. The number of anilines is 1. The molecule has 0 unspecified atom stereocenters. The number of alkyl carbamates (subject to hydrolysis) is 1. The van der Waals surface area contributed by atoms with Crippen molar-refractivity contribution in [2.45, 2.75) is 76.7 Å². The Morgan fingerprint density at radius 1 is 1.14 bits per heavy atom. The fourth-order valence-corrected chi connectivity index (χ4v) is 5.23. The minimum Gasteiger partial charge on any atom is -0.478 e. The highest BCUT2D eigenvalue weighted by Gasteiger charge is 2.36. The number of rotatable bonds is 10. The van der Waals surface area contributed by atoms with E-state index in [0.717, 1.165) is 44.8 Å². The number of aromatic amines is 1. The number of carboxylic acid groups (broad SMARTS) is 1. The second-order valence-corrected chi connectivity index (χ2v) is 11.6. The summed E-state index contributed by atoms with van der Waals surface area (Å²) in [7, 11) is 0. The lowest BCUT2D eigenvalue weighted by Crippen LogP contribution is -2.33. The molecule has 0 aliphatic heterocycles. The number of nitrogens with zero attached hydrogens (tertiary/aromatic N) is 2. The predicted octanol–water partition coefficient (Wildman–Crippen LogP) is 6.22. The zero-order chi connectivity index (χ0) is 30.7. The molecule has 1 fully saturated rings. The Kier molecular flexibility index (Phi) is 9.51. The number of amides is 1. The highest BCUT2D eigenvalue weighted by atomic mass is 35.5. The minimum absolute atomic E-state index is 0.0311. The van der Waals surface area contributed by atoms with E-state index < -0.39 is 29.4 Å². The molecular weight excluding hydrogens is 577 g/mol. The average Bonchev–Trinajstić information content (AvgIpc) is 3.51. The summed E-state index contributed by atoms with van der Waals surface area (Å²) >= 11 is 6.21. The van der Waals surface area contributed by atoms with Gasteiger partial charge in [0, 0.05) is 42.0 Å². The van der Waals surface area contributed by atoms with E-state index in [0.29, 0.717) is 11.9 Å². The van der Waals surface area contributed by atoms with E-state index in [1.165, 1.54) is 18.3 Å². The maximum absolute atomic E-state index is 13.9. The Labute approximate surface area is 245 Å². The monoisotopic (exact) mass is 610 g/mol. The third-order valence-corrected chi connectivity index (χ3v) is 7.24. The molecule has 1 aromatic carbocycles. The van der Waals surface area contributed by atoms with Crippen LogP contribution in [0.2, 0.25) is 5.02 Å². The van der Waals surface area contributed by atoms with Gasteiger partial charge >= 0.3 is 18.2 Å². The van der Waals surface area contributed by atoms with Gasteiger partial charge in [0.25, 0.3) is 0 Å². The van der Waals surface area contributed by atoms with Gasteiger partial charge in [0.15, 0.2) is 0 Å². The van der Waals surface area contributed by atoms with Crippen molar-refractivity contribution in [3.05, 3.63) is 40.7 Å². The molecule has 2 aromatic heterocycles. The molecule has 1 aliphatic carbocycles. The van der Waals surface area contributed by atoms with Gasteiger partial charge in [-0.3, -0.25) is 0 Å². The predicted molar refractivity (Wildman–Crippen MR) is 153 cm³/mol. The molecule has 14 heteroatoms. The molecule has 1 amide bonds. The number of hydrogen-bond acceptors (Lipinski definition) is 7. The molecule has 0 radical (unpaired) electrons. The van der Waals surface area contributed by atoms with Crippen LogP contribution in [0.5, 0.6) is 0 Å². The molecule has 0 saturated heterocycles. The van der Waals surface area contributed by atoms with Crippen LogP contribution in [0.25, 0.3) is 22.2 Å². The fourth-order valence-electron chi connectivity index (χ4n) is 4.93. The first-order valence-electron chi connectivity index (χ1n) is 13.7. The zero-order valence-corrected chi connectivity index (χ0v) is 24.2. The normalized spacial score (nSPS) is 17.4. The third-order valence-electron chi connectivity index (χ3n) is 6.84. The lowest BCUT2D eigenvalue weighted by atomic mass is 10.0. The topological polar surface area (TPSA) is 141 Å². The first-order valence-corrected chi connectivity index (χ1v) is 14.0. The smallest absolute Gasteiger partial charge is 0.419 e. The molecule has 0 spiro atoms. The van der Waals surface area contributed by atoms with E-state index in [9.17, 15) is 27.9 Å². The van der Waals surface area contributed by atoms with Crippen LogP contribution in [0, 0.1) is 0 Å². The van der Waals surface area contributed by atoms with Gasteiger partial charge in [-0.05, 0) is 65.5 Å². The van der Waals surface area contributed by atoms with Gasteiger partial charge in [0.05, 0.1) is 21.8 Å². The summed E-state index contributed by atoms with van der Waals surface area (Å²) in [5, 5.41) is 18.9. The standard InChI is InChI=1S/C28H34ClF3N6O4/c1-27(2,3)42-26(41)34-11-5-4-10-33-15-6-7-16(12-15)37-25-36-14-20(28(30,31)32)22(38-25)19-13-35-23-17(19)8-9-18(21(23)29)24(39)40/h8-9,13-16,33,35H,4-7,10-12H2,1-3H3,(H,34,41)(H,39,40)(H,36,37,38)/t15-,16-/m0/s1. The summed E-state index contributed by atoms with van der Waals surface area (Å²) in [5.41, 5.74) is -1.71. The number of nitrogens with one attached hydrogen (secondary N) is 4. The van der Waals surface area contributed by atoms with Crippen LogP contribution < -0.4 is 16.0 Å². The molecule has 5 N–H and O–H groups in total. The van der Waals surface area contributed by atoms with Crippen molar-refractivity contribution in [3.63, 3.8) is 0 Å². The van der Waals surface area contributed by atoms with Crippen LogP contribution in [-0.2, 0) is 10.9 Å². The quantitative estimate of drug-likeness (QED) is 0.170. The number of unbranched alkanes of at least 4 members (excludes halogenated alkanes) is 1.